The van der Waals surface area contributed by atoms with Crippen molar-refractivity contribution in [2.45, 2.75) is 31.6 Å². The Morgan fingerprint density at radius 1 is 1.21 bits per heavy atom. The molecular weight excluding hydrogens is 456 g/mol. The molecule has 3 aromatic rings. The Balaban J connectivity index is 1.87. The summed E-state index contributed by atoms with van der Waals surface area (Å²) in [5, 5.41) is 7.11. The number of aryl methyl sites for hydroxylation is 2. The van der Waals surface area contributed by atoms with Crippen LogP contribution in [0.15, 0.2) is 40.5 Å². The van der Waals surface area contributed by atoms with Crippen molar-refractivity contribution in [3.63, 3.8) is 0 Å². The molecule has 0 atom stereocenters. The van der Waals surface area contributed by atoms with E-state index in [9.17, 15) is 13.2 Å². The maximum Gasteiger partial charge on any atom is 0.286 e. The van der Waals surface area contributed by atoms with Gasteiger partial charge in [0.1, 0.15) is 23.7 Å². The van der Waals surface area contributed by atoms with Crippen molar-refractivity contribution in [1.29, 1.82) is 0 Å². The zero-order valence-electron chi connectivity index (χ0n) is 19.7. The quantitative estimate of drug-likeness (QED) is 0.484. The van der Waals surface area contributed by atoms with E-state index >= 15 is 0 Å². The molecule has 10 nitrogen and oxygen atoms in total. The minimum atomic E-state index is -3.75. The predicted molar refractivity (Wildman–Crippen MR) is 130 cm³/mol. The van der Waals surface area contributed by atoms with E-state index < -0.39 is 15.6 Å². The van der Waals surface area contributed by atoms with Crippen LogP contribution >= 0.6 is 0 Å². The van der Waals surface area contributed by atoms with Crippen molar-refractivity contribution in [3.05, 3.63) is 52.7 Å². The van der Waals surface area contributed by atoms with Gasteiger partial charge in [-0.25, -0.2) is 13.4 Å². The molecule has 34 heavy (non-hydrogen) atoms. The molecule has 1 saturated heterocycles. The summed E-state index contributed by atoms with van der Waals surface area (Å²) in [5.74, 6) is 0.766. The Labute approximate surface area is 198 Å². The van der Waals surface area contributed by atoms with Gasteiger partial charge in [-0.1, -0.05) is 26.0 Å². The fourth-order valence-electron chi connectivity index (χ4n) is 4.10. The molecule has 0 saturated carbocycles. The second-order valence-electron chi connectivity index (χ2n) is 8.39. The predicted octanol–water partition coefficient (Wildman–Crippen LogP) is 1.87. The largest absolute Gasteiger partial charge is 0.487 e. The standard InChI is InChI=1S/C23H30N6O4S/c1-5-7-18-21-22(26-25-18)23(30)29(16(3)24-21)19-15-17(8-9-20(19)33-14-6-2)34(31,32)28-12-10-27(4)11-13-28/h6,8-9,15H,2,5,7,10-14H2,1,3-4H3,(H,25,26). The van der Waals surface area contributed by atoms with Crippen LogP contribution < -0.4 is 10.3 Å². The highest BCUT2D eigenvalue weighted by Crippen LogP contribution is 2.29. The Bertz CT molecular complexity index is 1370. The third-order valence-electron chi connectivity index (χ3n) is 5.94. The van der Waals surface area contributed by atoms with Gasteiger partial charge in [-0.2, -0.15) is 9.40 Å². The van der Waals surface area contributed by atoms with Crippen LogP contribution in [0.4, 0.5) is 0 Å². The highest BCUT2D eigenvalue weighted by molar-refractivity contribution is 7.89. The van der Waals surface area contributed by atoms with E-state index in [0.29, 0.717) is 49.0 Å². The maximum atomic E-state index is 13.5. The van der Waals surface area contributed by atoms with E-state index in [1.807, 2.05) is 14.0 Å². The molecule has 2 aromatic heterocycles. The van der Waals surface area contributed by atoms with E-state index in [-0.39, 0.29) is 17.0 Å². The second kappa shape index (κ2) is 9.69. The third-order valence-corrected chi connectivity index (χ3v) is 7.84. The Morgan fingerprint density at radius 3 is 2.62 bits per heavy atom. The van der Waals surface area contributed by atoms with Crippen LogP contribution in [0.25, 0.3) is 16.7 Å². The molecule has 182 valence electrons. The first-order chi connectivity index (χ1) is 16.3. The summed E-state index contributed by atoms with van der Waals surface area (Å²) in [4.78, 5) is 20.3. The third kappa shape index (κ3) is 4.38. The van der Waals surface area contributed by atoms with Crippen molar-refractivity contribution in [1.82, 2.24) is 29.0 Å². The van der Waals surface area contributed by atoms with Crippen LogP contribution in [0.1, 0.15) is 24.9 Å². The average molecular weight is 487 g/mol. The summed E-state index contributed by atoms with van der Waals surface area (Å²) in [6.07, 6.45) is 3.19. The highest BCUT2D eigenvalue weighted by atomic mass is 32.2. The van der Waals surface area contributed by atoms with Gasteiger partial charge in [-0.3, -0.25) is 14.5 Å². The number of nitrogens with one attached hydrogen (secondary N) is 1. The molecule has 0 bridgehead atoms. The number of benzene rings is 1. The molecule has 0 spiro atoms. The van der Waals surface area contributed by atoms with Crippen molar-refractivity contribution in [2.75, 3.05) is 39.8 Å². The number of rotatable bonds is 8. The average Bonchev–Trinajstić information content (AvgIpc) is 3.21. The summed E-state index contributed by atoms with van der Waals surface area (Å²) in [6, 6.07) is 4.56. The minimum Gasteiger partial charge on any atom is -0.487 e. The normalized spacial score (nSPS) is 15.6. The number of likely N-dealkylation sites (N-methyl/N-ethyl adjacent to an activating group) is 1. The minimum absolute atomic E-state index is 0.0955. The van der Waals surface area contributed by atoms with Gasteiger partial charge < -0.3 is 9.64 Å². The fraction of sp³-hybridized carbons (Fsp3) is 0.435. The SMILES string of the molecule is C=CCOc1ccc(S(=O)(=O)N2CCN(C)CC2)cc1-n1c(C)nc2c(CCC)[nH]nc2c1=O. The summed E-state index contributed by atoms with van der Waals surface area (Å²) in [6.45, 7) is 9.75. The zero-order valence-corrected chi connectivity index (χ0v) is 20.6. The van der Waals surface area contributed by atoms with Crippen LogP contribution in [-0.4, -0.2) is 77.2 Å². The summed E-state index contributed by atoms with van der Waals surface area (Å²) < 4.78 is 35.4. The van der Waals surface area contributed by atoms with Gasteiger partial charge >= 0.3 is 0 Å². The van der Waals surface area contributed by atoms with Crippen LogP contribution in [0.5, 0.6) is 5.75 Å². The molecule has 0 unspecified atom stereocenters. The number of aromatic nitrogens is 4. The van der Waals surface area contributed by atoms with Crippen LogP contribution in [-0.2, 0) is 16.4 Å². The number of ether oxygens (including phenoxy) is 1. The number of aromatic amines is 1. The van der Waals surface area contributed by atoms with Crippen LogP contribution in [0, 0.1) is 6.92 Å². The number of fused-ring (bicyclic) bond motifs is 1. The number of hydrogen-bond donors (Lipinski definition) is 1. The molecule has 1 aliphatic heterocycles. The van der Waals surface area contributed by atoms with Gasteiger partial charge in [0.2, 0.25) is 10.0 Å². The van der Waals surface area contributed by atoms with Gasteiger partial charge in [0, 0.05) is 26.2 Å². The zero-order chi connectivity index (χ0) is 24.5. The number of H-pyrrole nitrogens is 1. The molecule has 0 amide bonds. The van der Waals surface area contributed by atoms with Crippen molar-refractivity contribution < 1.29 is 13.2 Å². The topological polar surface area (TPSA) is 113 Å². The Morgan fingerprint density at radius 2 is 1.94 bits per heavy atom. The van der Waals surface area contributed by atoms with Gasteiger partial charge in [0.05, 0.1) is 16.3 Å². The molecule has 1 aromatic carbocycles. The van der Waals surface area contributed by atoms with Gasteiger partial charge in [-0.15, -0.1) is 0 Å². The van der Waals surface area contributed by atoms with Crippen molar-refractivity contribution >= 4 is 21.1 Å². The lowest BCUT2D eigenvalue weighted by Gasteiger charge is -2.31. The molecular formula is C23H30N6O4S. The maximum absolute atomic E-state index is 13.5. The molecule has 0 aliphatic carbocycles. The second-order valence-corrected chi connectivity index (χ2v) is 10.3. The molecule has 1 N–H and O–H groups in total. The summed E-state index contributed by atoms with van der Waals surface area (Å²) in [5.41, 5.74) is 1.46. The van der Waals surface area contributed by atoms with E-state index in [1.54, 1.807) is 19.1 Å². The summed E-state index contributed by atoms with van der Waals surface area (Å²) in [7, 11) is -1.79. The first kappa shape index (κ1) is 24.1. The molecule has 11 heteroatoms. The Hall–Kier alpha value is -3.02. The highest BCUT2D eigenvalue weighted by Gasteiger charge is 2.29. The molecule has 1 aliphatic rings. The lowest BCUT2D eigenvalue weighted by molar-refractivity contribution is 0.222. The van der Waals surface area contributed by atoms with Gasteiger partial charge in [-0.05, 0) is 38.6 Å². The molecule has 1 fully saturated rings. The Kier molecular flexibility index (Phi) is 6.87. The van der Waals surface area contributed by atoms with E-state index in [0.717, 1.165) is 18.5 Å². The van der Waals surface area contributed by atoms with Crippen LogP contribution in [0.3, 0.4) is 0 Å². The summed E-state index contributed by atoms with van der Waals surface area (Å²) >= 11 is 0. The number of nitrogens with zero attached hydrogens (tertiary/aromatic N) is 5. The molecule has 4 rings (SSSR count). The van der Waals surface area contributed by atoms with E-state index in [4.69, 9.17) is 4.74 Å². The lowest BCUT2D eigenvalue weighted by Crippen LogP contribution is -2.47. The van der Waals surface area contributed by atoms with Gasteiger partial charge in [0.15, 0.2) is 5.52 Å². The monoisotopic (exact) mass is 486 g/mol. The van der Waals surface area contributed by atoms with Crippen LogP contribution in [0.2, 0.25) is 0 Å². The van der Waals surface area contributed by atoms with E-state index in [1.165, 1.54) is 21.0 Å². The van der Waals surface area contributed by atoms with E-state index in [2.05, 4.69) is 26.7 Å². The van der Waals surface area contributed by atoms with Crippen molar-refractivity contribution in [2.24, 2.45) is 0 Å². The van der Waals surface area contributed by atoms with Crippen molar-refractivity contribution in [3.8, 4) is 11.4 Å². The lowest BCUT2D eigenvalue weighted by atomic mass is 10.2. The fourth-order valence-corrected chi connectivity index (χ4v) is 5.54. The molecule has 3 heterocycles. The van der Waals surface area contributed by atoms with Gasteiger partial charge in [0.25, 0.3) is 5.56 Å². The number of sulfonamides is 1. The first-order valence-corrected chi connectivity index (χ1v) is 12.7. The smallest absolute Gasteiger partial charge is 0.286 e. The number of piperazine rings is 1. The molecule has 0 radical (unpaired) electrons. The number of hydrogen-bond acceptors (Lipinski definition) is 7. The first-order valence-electron chi connectivity index (χ1n) is 11.3.